The minimum atomic E-state index is -1.13. The molecule has 5 heteroatoms. The maximum atomic E-state index is 9.67. The fraction of sp³-hybridized carbons (Fsp3) is 0.500. The van der Waals surface area contributed by atoms with Gasteiger partial charge in [0.25, 0.3) is 0 Å². The molecule has 96 valence electrons. The third-order valence-electron chi connectivity index (χ3n) is 2.56. The molecular weight excluding hydrogens is 261 g/mol. The van der Waals surface area contributed by atoms with Crippen LogP contribution < -0.4 is 5.32 Å². The molecule has 0 aliphatic heterocycles. The zero-order valence-electron chi connectivity index (χ0n) is 9.87. The van der Waals surface area contributed by atoms with E-state index in [1.165, 1.54) is 0 Å². The van der Waals surface area contributed by atoms with Gasteiger partial charge in [-0.3, -0.25) is 0 Å². The van der Waals surface area contributed by atoms with Gasteiger partial charge in [0.1, 0.15) is 0 Å². The first-order valence-electron chi connectivity index (χ1n) is 5.37. The van der Waals surface area contributed by atoms with E-state index in [1.54, 1.807) is 19.1 Å². The molecule has 1 rings (SSSR count). The molecule has 0 saturated heterocycles. The summed E-state index contributed by atoms with van der Waals surface area (Å²) >= 11 is 11.9. The summed E-state index contributed by atoms with van der Waals surface area (Å²) in [6, 6.07) is 5.26. The summed E-state index contributed by atoms with van der Waals surface area (Å²) in [6.07, 6.45) is 0. The van der Waals surface area contributed by atoms with Crippen molar-refractivity contribution in [1.29, 1.82) is 0 Å². The molecule has 3 N–H and O–H groups in total. The van der Waals surface area contributed by atoms with E-state index in [0.717, 1.165) is 5.56 Å². The van der Waals surface area contributed by atoms with Crippen molar-refractivity contribution in [1.82, 2.24) is 5.32 Å². The second-order valence-corrected chi connectivity index (χ2v) is 5.27. The zero-order valence-corrected chi connectivity index (χ0v) is 11.4. The monoisotopic (exact) mass is 277 g/mol. The molecule has 0 saturated carbocycles. The van der Waals surface area contributed by atoms with Crippen LogP contribution in [0.4, 0.5) is 0 Å². The average Bonchev–Trinajstić information content (AvgIpc) is 2.26. The normalized spacial score (nSPS) is 16.6. The van der Waals surface area contributed by atoms with E-state index in [0.29, 0.717) is 10.0 Å². The highest BCUT2D eigenvalue weighted by molar-refractivity contribution is 6.35. The first kappa shape index (κ1) is 14.7. The van der Waals surface area contributed by atoms with Crippen molar-refractivity contribution in [2.45, 2.75) is 25.5 Å². The number of nitrogens with one attached hydrogen (secondary N) is 1. The van der Waals surface area contributed by atoms with Crippen molar-refractivity contribution in [3.63, 3.8) is 0 Å². The van der Waals surface area contributed by atoms with E-state index in [1.807, 2.05) is 13.0 Å². The minimum Gasteiger partial charge on any atom is -0.393 e. The third kappa shape index (κ3) is 4.45. The van der Waals surface area contributed by atoms with Gasteiger partial charge in [0, 0.05) is 22.6 Å². The molecule has 1 aromatic carbocycles. The van der Waals surface area contributed by atoms with Crippen LogP contribution >= 0.6 is 23.2 Å². The summed E-state index contributed by atoms with van der Waals surface area (Å²) in [5.74, 6) is 0. The smallest absolute Gasteiger partial charge is 0.0973 e. The lowest BCUT2D eigenvalue weighted by molar-refractivity contribution is 0.00106. The summed E-state index contributed by atoms with van der Waals surface area (Å²) in [7, 11) is 0. The van der Waals surface area contributed by atoms with Gasteiger partial charge in [0.05, 0.1) is 12.2 Å². The SMILES string of the molecule is CC(NCC(C)(O)CO)c1ccc(Cl)cc1Cl. The Morgan fingerprint density at radius 2 is 2.06 bits per heavy atom. The fourth-order valence-electron chi connectivity index (χ4n) is 1.39. The molecule has 0 aliphatic rings. The average molecular weight is 278 g/mol. The first-order chi connectivity index (χ1) is 7.85. The van der Waals surface area contributed by atoms with Crippen LogP contribution in [-0.2, 0) is 0 Å². The molecule has 0 spiro atoms. The molecule has 0 fully saturated rings. The van der Waals surface area contributed by atoms with E-state index in [4.69, 9.17) is 28.3 Å². The Hall–Kier alpha value is -0.320. The molecule has 1 aromatic rings. The van der Waals surface area contributed by atoms with Crippen LogP contribution in [0.3, 0.4) is 0 Å². The van der Waals surface area contributed by atoms with E-state index in [9.17, 15) is 5.11 Å². The molecule has 2 atom stereocenters. The predicted molar refractivity (Wildman–Crippen MR) is 70.6 cm³/mol. The lowest BCUT2D eigenvalue weighted by atomic mass is 10.1. The highest BCUT2D eigenvalue weighted by atomic mass is 35.5. The largest absolute Gasteiger partial charge is 0.393 e. The molecule has 17 heavy (non-hydrogen) atoms. The summed E-state index contributed by atoms with van der Waals surface area (Å²) in [4.78, 5) is 0. The Bertz CT molecular complexity index is 383. The predicted octanol–water partition coefficient (Wildman–Crippen LogP) is 2.39. The number of aliphatic hydroxyl groups excluding tert-OH is 1. The van der Waals surface area contributed by atoms with E-state index in [2.05, 4.69) is 5.32 Å². The van der Waals surface area contributed by atoms with Crippen LogP contribution in [0.2, 0.25) is 10.0 Å². The third-order valence-corrected chi connectivity index (χ3v) is 3.12. The molecule has 0 aromatic heterocycles. The van der Waals surface area contributed by atoms with Gasteiger partial charge < -0.3 is 15.5 Å². The molecule has 0 bridgehead atoms. The summed E-state index contributed by atoms with van der Waals surface area (Å²) < 4.78 is 0. The maximum Gasteiger partial charge on any atom is 0.0973 e. The Morgan fingerprint density at radius 1 is 1.41 bits per heavy atom. The van der Waals surface area contributed by atoms with Crippen molar-refractivity contribution in [3.05, 3.63) is 33.8 Å². The minimum absolute atomic E-state index is 0.0298. The van der Waals surface area contributed by atoms with Crippen molar-refractivity contribution >= 4 is 23.2 Å². The standard InChI is InChI=1S/C12H17Cl2NO2/c1-8(15-6-12(2,17)7-16)10-4-3-9(13)5-11(10)14/h3-5,8,15-17H,6-7H2,1-2H3. The van der Waals surface area contributed by atoms with Crippen LogP contribution in [-0.4, -0.2) is 29.0 Å². The van der Waals surface area contributed by atoms with E-state index in [-0.39, 0.29) is 19.2 Å². The van der Waals surface area contributed by atoms with Crippen molar-refractivity contribution < 1.29 is 10.2 Å². The van der Waals surface area contributed by atoms with Crippen LogP contribution in [0, 0.1) is 0 Å². The number of halogens is 2. The van der Waals surface area contributed by atoms with Crippen molar-refractivity contribution in [3.8, 4) is 0 Å². The highest BCUT2D eigenvalue weighted by Crippen LogP contribution is 2.26. The molecule has 0 radical (unpaired) electrons. The van der Waals surface area contributed by atoms with E-state index < -0.39 is 5.60 Å². The molecule has 3 nitrogen and oxygen atoms in total. The quantitative estimate of drug-likeness (QED) is 0.775. The van der Waals surface area contributed by atoms with Crippen molar-refractivity contribution in [2.24, 2.45) is 0 Å². The highest BCUT2D eigenvalue weighted by Gasteiger charge is 2.20. The van der Waals surface area contributed by atoms with Crippen LogP contribution in [0.1, 0.15) is 25.5 Å². The number of hydrogen-bond acceptors (Lipinski definition) is 3. The maximum absolute atomic E-state index is 9.67. The van der Waals surface area contributed by atoms with Crippen LogP contribution in [0.5, 0.6) is 0 Å². The Balaban J connectivity index is 2.67. The van der Waals surface area contributed by atoms with Gasteiger partial charge in [-0.25, -0.2) is 0 Å². The van der Waals surface area contributed by atoms with Crippen LogP contribution in [0.25, 0.3) is 0 Å². The first-order valence-corrected chi connectivity index (χ1v) is 6.13. The second kappa shape index (κ2) is 6.03. The van der Waals surface area contributed by atoms with Crippen LogP contribution in [0.15, 0.2) is 18.2 Å². The van der Waals surface area contributed by atoms with Gasteiger partial charge in [0.15, 0.2) is 0 Å². The molecule has 0 aliphatic carbocycles. The summed E-state index contributed by atoms with van der Waals surface area (Å²) in [6.45, 7) is 3.49. The lowest BCUT2D eigenvalue weighted by Crippen LogP contribution is -2.41. The van der Waals surface area contributed by atoms with E-state index >= 15 is 0 Å². The summed E-state index contributed by atoms with van der Waals surface area (Å²) in [5.41, 5.74) is -0.225. The Kier molecular flexibility index (Phi) is 5.22. The molecular formula is C12H17Cl2NO2. The Morgan fingerprint density at radius 3 is 2.59 bits per heavy atom. The summed E-state index contributed by atoms with van der Waals surface area (Å²) in [5, 5.41) is 22.9. The number of benzene rings is 1. The van der Waals surface area contributed by atoms with Crippen molar-refractivity contribution in [2.75, 3.05) is 13.2 Å². The molecule has 2 unspecified atom stereocenters. The topological polar surface area (TPSA) is 52.5 Å². The van der Waals surface area contributed by atoms with Gasteiger partial charge in [-0.05, 0) is 31.5 Å². The number of hydrogen-bond donors (Lipinski definition) is 3. The fourth-order valence-corrected chi connectivity index (χ4v) is 1.96. The van der Waals surface area contributed by atoms with Gasteiger partial charge in [-0.1, -0.05) is 29.3 Å². The number of aliphatic hydroxyl groups is 2. The van der Waals surface area contributed by atoms with Gasteiger partial charge in [0.2, 0.25) is 0 Å². The Labute approximate surface area is 111 Å². The zero-order chi connectivity index (χ0) is 13.1. The number of rotatable bonds is 5. The lowest BCUT2D eigenvalue weighted by Gasteiger charge is -2.24. The van der Waals surface area contributed by atoms with Gasteiger partial charge in [-0.2, -0.15) is 0 Å². The molecule has 0 amide bonds. The van der Waals surface area contributed by atoms with Gasteiger partial charge in [-0.15, -0.1) is 0 Å². The van der Waals surface area contributed by atoms with Gasteiger partial charge >= 0.3 is 0 Å². The molecule has 0 heterocycles. The second-order valence-electron chi connectivity index (χ2n) is 4.42.